The standard InChI is InChI=1S/C23H28IN3O5/c1-4-11-32-23-19(24)12-16(13-20(23)31-6-3)15-25-27-22(29)14-21(28)26-17-7-9-18(10-8-17)30-5-2/h7-10,12-13,15H,4-6,11,14H2,1-3H3,(H,26,28)(H,27,29). The van der Waals surface area contributed by atoms with Crippen molar-refractivity contribution < 1.29 is 23.8 Å². The van der Waals surface area contributed by atoms with Crippen LogP contribution in [0.1, 0.15) is 39.2 Å². The average molecular weight is 553 g/mol. The number of nitrogens with one attached hydrogen (secondary N) is 2. The van der Waals surface area contributed by atoms with Gasteiger partial charge in [-0.2, -0.15) is 5.10 Å². The smallest absolute Gasteiger partial charge is 0.249 e. The largest absolute Gasteiger partial charge is 0.494 e. The molecule has 0 heterocycles. The van der Waals surface area contributed by atoms with Crippen molar-refractivity contribution in [2.75, 3.05) is 25.1 Å². The van der Waals surface area contributed by atoms with E-state index in [1.165, 1.54) is 6.21 Å². The normalized spacial score (nSPS) is 10.6. The molecule has 0 spiro atoms. The Labute approximate surface area is 201 Å². The Bertz CT molecular complexity index is 932. The van der Waals surface area contributed by atoms with Crippen molar-refractivity contribution in [2.45, 2.75) is 33.6 Å². The van der Waals surface area contributed by atoms with Gasteiger partial charge < -0.3 is 19.5 Å². The molecule has 0 aliphatic heterocycles. The summed E-state index contributed by atoms with van der Waals surface area (Å²) >= 11 is 2.17. The Balaban J connectivity index is 1.91. The van der Waals surface area contributed by atoms with Gasteiger partial charge in [0, 0.05) is 5.69 Å². The number of amides is 2. The lowest BCUT2D eigenvalue weighted by Crippen LogP contribution is -2.24. The third-order valence-electron chi connectivity index (χ3n) is 3.96. The van der Waals surface area contributed by atoms with E-state index < -0.39 is 11.8 Å². The minimum absolute atomic E-state index is 0.351. The van der Waals surface area contributed by atoms with E-state index in [2.05, 4.69) is 38.4 Å². The summed E-state index contributed by atoms with van der Waals surface area (Å²) in [5, 5.41) is 6.61. The van der Waals surface area contributed by atoms with Crippen LogP contribution in [0.2, 0.25) is 0 Å². The summed E-state index contributed by atoms with van der Waals surface area (Å²) in [5.41, 5.74) is 3.69. The molecule has 0 radical (unpaired) electrons. The second kappa shape index (κ2) is 13.6. The van der Waals surface area contributed by atoms with Crippen LogP contribution in [0.3, 0.4) is 0 Å². The highest BCUT2D eigenvalue weighted by Gasteiger charge is 2.12. The van der Waals surface area contributed by atoms with Crippen molar-refractivity contribution in [3.05, 3.63) is 45.5 Å². The van der Waals surface area contributed by atoms with Gasteiger partial charge in [-0.25, -0.2) is 5.43 Å². The number of rotatable bonds is 12. The molecule has 2 rings (SSSR count). The van der Waals surface area contributed by atoms with Crippen molar-refractivity contribution in [3.63, 3.8) is 0 Å². The molecule has 9 heteroatoms. The quantitative estimate of drug-likeness (QED) is 0.176. The lowest BCUT2D eigenvalue weighted by Gasteiger charge is -2.14. The van der Waals surface area contributed by atoms with Gasteiger partial charge in [0.15, 0.2) is 11.5 Å². The summed E-state index contributed by atoms with van der Waals surface area (Å²) in [6, 6.07) is 10.6. The number of hydrogen-bond acceptors (Lipinski definition) is 6. The number of hydrogen-bond donors (Lipinski definition) is 2. The van der Waals surface area contributed by atoms with E-state index >= 15 is 0 Å². The van der Waals surface area contributed by atoms with Crippen molar-refractivity contribution >= 4 is 46.3 Å². The fraction of sp³-hybridized carbons (Fsp3) is 0.348. The van der Waals surface area contributed by atoms with E-state index in [-0.39, 0.29) is 6.42 Å². The van der Waals surface area contributed by atoms with Crippen LogP contribution in [0.4, 0.5) is 5.69 Å². The first-order chi connectivity index (χ1) is 15.5. The van der Waals surface area contributed by atoms with Crippen LogP contribution >= 0.6 is 22.6 Å². The molecular formula is C23H28IN3O5. The minimum Gasteiger partial charge on any atom is -0.494 e. The molecule has 0 aromatic heterocycles. The molecule has 0 fully saturated rings. The van der Waals surface area contributed by atoms with Crippen LogP contribution < -0.4 is 25.0 Å². The Morgan fingerprint density at radius 1 is 1.00 bits per heavy atom. The first-order valence-electron chi connectivity index (χ1n) is 10.4. The predicted molar refractivity (Wildman–Crippen MR) is 133 cm³/mol. The molecule has 0 unspecified atom stereocenters. The number of hydrazone groups is 1. The Hall–Kier alpha value is -2.82. The first kappa shape index (κ1) is 25.4. The van der Waals surface area contributed by atoms with E-state index in [0.717, 1.165) is 15.6 Å². The third kappa shape index (κ3) is 8.37. The molecule has 2 N–H and O–H groups in total. The number of benzene rings is 2. The Morgan fingerprint density at radius 3 is 2.38 bits per heavy atom. The molecule has 172 valence electrons. The van der Waals surface area contributed by atoms with E-state index in [0.29, 0.717) is 42.8 Å². The summed E-state index contributed by atoms with van der Waals surface area (Å²) < 4.78 is 17.7. The van der Waals surface area contributed by atoms with Crippen molar-refractivity contribution in [3.8, 4) is 17.2 Å². The summed E-state index contributed by atoms with van der Waals surface area (Å²) in [5.74, 6) is 1.07. The second-order valence-corrected chi connectivity index (χ2v) is 7.75. The minimum atomic E-state index is -0.521. The van der Waals surface area contributed by atoms with Gasteiger partial charge in [-0.3, -0.25) is 9.59 Å². The number of carbonyl (C=O) groups is 2. The lowest BCUT2D eigenvalue weighted by atomic mass is 10.2. The van der Waals surface area contributed by atoms with Gasteiger partial charge in [-0.1, -0.05) is 6.92 Å². The molecule has 0 saturated heterocycles. The molecule has 2 aromatic carbocycles. The molecule has 0 aliphatic rings. The summed E-state index contributed by atoms with van der Waals surface area (Å²) in [7, 11) is 0. The highest BCUT2D eigenvalue weighted by Crippen LogP contribution is 2.34. The number of halogens is 1. The van der Waals surface area contributed by atoms with Gasteiger partial charge in [0.25, 0.3) is 0 Å². The predicted octanol–water partition coefficient (Wildman–Crippen LogP) is 4.36. The first-order valence-corrected chi connectivity index (χ1v) is 11.5. The molecule has 8 nitrogen and oxygen atoms in total. The SMILES string of the molecule is CCCOc1c(I)cc(C=NNC(=O)CC(=O)Nc2ccc(OCC)cc2)cc1OCC. The van der Waals surface area contributed by atoms with Crippen LogP contribution in [0.15, 0.2) is 41.5 Å². The van der Waals surface area contributed by atoms with Gasteiger partial charge in [-0.05, 0) is 84.8 Å². The fourth-order valence-electron chi connectivity index (χ4n) is 2.64. The second-order valence-electron chi connectivity index (χ2n) is 6.59. The molecule has 0 bridgehead atoms. The molecular weight excluding hydrogens is 525 g/mol. The topological polar surface area (TPSA) is 98.2 Å². The molecule has 0 atom stereocenters. The van der Waals surface area contributed by atoms with Crippen molar-refractivity contribution in [1.29, 1.82) is 0 Å². The molecule has 2 amide bonds. The summed E-state index contributed by atoms with van der Waals surface area (Å²) in [4.78, 5) is 24.1. The van der Waals surface area contributed by atoms with E-state index in [1.54, 1.807) is 30.3 Å². The van der Waals surface area contributed by atoms with Crippen molar-refractivity contribution in [1.82, 2.24) is 5.43 Å². The number of ether oxygens (including phenoxy) is 3. The average Bonchev–Trinajstić information content (AvgIpc) is 2.75. The highest BCUT2D eigenvalue weighted by atomic mass is 127. The third-order valence-corrected chi connectivity index (χ3v) is 4.76. The number of nitrogens with zero attached hydrogens (tertiary/aromatic N) is 1. The molecule has 2 aromatic rings. The van der Waals surface area contributed by atoms with Gasteiger partial charge in [0.1, 0.15) is 12.2 Å². The van der Waals surface area contributed by atoms with E-state index in [9.17, 15) is 9.59 Å². The van der Waals surface area contributed by atoms with Crippen LogP contribution in [-0.4, -0.2) is 37.8 Å². The van der Waals surface area contributed by atoms with E-state index in [1.807, 2.05) is 26.8 Å². The van der Waals surface area contributed by atoms with Gasteiger partial charge in [-0.15, -0.1) is 0 Å². The van der Waals surface area contributed by atoms with Gasteiger partial charge >= 0.3 is 0 Å². The van der Waals surface area contributed by atoms with Crippen LogP contribution in [0.5, 0.6) is 17.2 Å². The van der Waals surface area contributed by atoms with Crippen LogP contribution in [0.25, 0.3) is 0 Å². The maximum absolute atomic E-state index is 12.1. The summed E-state index contributed by atoms with van der Waals surface area (Å²) in [6.45, 7) is 7.49. The number of carbonyl (C=O) groups excluding carboxylic acids is 2. The summed E-state index contributed by atoms with van der Waals surface area (Å²) in [6.07, 6.45) is 2.04. The van der Waals surface area contributed by atoms with Crippen LogP contribution in [-0.2, 0) is 9.59 Å². The maximum Gasteiger partial charge on any atom is 0.249 e. The van der Waals surface area contributed by atoms with Gasteiger partial charge in [0.05, 0.1) is 29.6 Å². The van der Waals surface area contributed by atoms with Crippen molar-refractivity contribution in [2.24, 2.45) is 5.10 Å². The zero-order valence-electron chi connectivity index (χ0n) is 18.4. The number of anilines is 1. The fourth-order valence-corrected chi connectivity index (χ4v) is 3.42. The Morgan fingerprint density at radius 2 is 1.72 bits per heavy atom. The molecule has 0 saturated carbocycles. The van der Waals surface area contributed by atoms with E-state index in [4.69, 9.17) is 14.2 Å². The zero-order chi connectivity index (χ0) is 23.3. The maximum atomic E-state index is 12.1. The molecule has 32 heavy (non-hydrogen) atoms. The monoisotopic (exact) mass is 553 g/mol. The lowest BCUT2D eigenvalue weighted by molar-refractivity contribution is -0.126. The highest BCUT2D eigenvalue weighted by molar-refractivity contribution is 14.1. The molecule has 0 aliphatic carbocycles. The Kier molecular flexibility index (Phi) is 10.8. The van der Waals surface area contributed by atoms with Gasteiger partial charge in [0.2, 0.25) is 11.8 Å². The zero-order valence-corrected chi connectivity index (χ0v) is 20.6. The van der Waals surface area contributed by atoms with Crippen LogP contribution in [0, 0.1) is 3.57 Å².